The molecule has 0 spiro atoms. The number of carbonyl (C=O) groups excluding carboxylic acids is 1. The van der Waals surface area contributed by atoms with E-state index in [1.165, 1.54) is 19.3 Å². The molecular weight excluding hydrogens is 252 g/mol. The summed E-state index contributed by atoms with van der Waals surface area (Å²) in [5.74, 6) is 1.13. The maximum atomic E-state index is 12.2. The van der Waals surface area contributed by atoms with E-state index in [-0.39, 0.29) is 24.4 Å². The molecule has 1 amide bonds. The van der Waals surface area contributed by atoms with Gasteiger partial charge in [0.2, 0.25) is 5.91 Å². The lowest BCUT2D eigenvalue weighted by Crippen LogP contribution is -2.49. The molecule has 0 radical (unpaired) electrons. The van der Waals surface area contributed by atoms with Crippen LogP contribution in [0.3, 0.4) is 0 Å². The van der Waals surface area contributed by atoms with E-state index in [0.717, 1.165) is 32.6 Å². The summed E-state index contributed by atoms with van der Waals surface area (Å²) in [6.45, 7) is 2.38. The van der Waals surface area contributed by atoms with Gasteiger partial charge in [0, 0.05) is 26.8 Å². The molecule has 18 heavy (non-hydrogen) atoms. The van der Waals surface area contributed by atoms with Crippen LogP contribution in [0.2, 0.25) is 0 Å². The summed E-state index contributed by atoms with van der Waals surface area (Å²) < 4.78 is 5.30. The van der Waals surface area contributed by atoms with Gasteiger partial charge >= 0.3 is 0 Å². The van der Waals surface area contributed by atoms with E-state index in [1.54, 1.807) is 0 Å². The number of carbonyl (C=O) groups is 1. The first kappa shape index (κ1) is 15.7. The highest BCUT2D eigenvalue weighted by atomic mass is 35.5. The van der Waals surface area contributed by atoms with Crippen molar-refractivity contribution in [3.63, 3.8) is 0 Å². The molecule has 1 saturated heterocycles. The lowest BCUT2D eigenvalue weighted by atomic mass is 9.84. The third-order valence-corrected chi connectivity index (χ3v) is 4.19. The first-order valence-electron chi connectivity index (χ1n) is 6.77. The van der Waals surface area contributed by atoms with Gasteiger partial charge in [-0.3, -0.25) is 4.79 Å². The Kier molecular flexibility index (Phi) is 6.39. The standard InChI is InChI=1S/C13H24N2O2.ClH/c1-15(9-10-3-2-4-10)13(16)12(14)11-5-7-17-8-6-11;/h10-12H,2-9,14H2,1H3;1H. The first-order chi connectivity index (χ1) is 8.18. The highest BCUT2D eigenvalue weighted by molar-refractivity contribution is 5.85. The predicted molar refractivity (Wildman–Crippen MR) is 73.7 cm³/mol. The minimum atomic E-state index is -0.330. The number of ether oxygens (including phenoxy) is 1. The Bertz CT molecular complexity index is 266. The lowest BCUT2D eigenvalue weighted by molar-refractivity contribution is -0.134. The van der Waals surface area contributed by atoms with E-state index in [0.29, 0.717) is 11.8 Å². The van der Waals surface area contributed by atoms with Crippen LogP contribution in [0.5, 0.6) is 0 Å². The van der Waals surface area contributed by atoms with Crippen molar-refractivity contribution < 1.29 is 9.53 Å². The summed E-state index contributed by atoms with van der Waals surface area (Å²) >= 11 is 0. The van der Waals surface area contributed by atoms with Crippen molar-refractivity contribution in [1.82, 2.24) is 4.90 Å². The Labute approximate surface area is 116 Å². The van der Waals surface area contributed by atoms with Crippen LogP contribution >= 0.6 is 12.4 Å². The SMILES string of the molecule is CN(CC1CCC1)C(=O)C(N)C1CCOCC1.Cl. The van der Waals surface area contributed by atoms with Crippen LogP contribution in [0.4, 0.5) is 0 Å². The van der Waals surface area contributed by atoms with Crippen LogP contribution in [0.15, 0.2) is 0 Å². The number of nitrogens with zero attached hydrogens (tertiary/aromatic N) is 1. The summed E-state index contributed by atoms with van der Waals surface area (Å²) in [6, 6.07) is -0.330. The highest BCUT2D eigenvalue weighted by Crippen LogP contribution is 2.27. The maximum absolute atomic E-state index is 12.2. The number of amides is 1. The summed E-state index contributed by atoms with van der Waals surface area (Å²) in [4.78, 5) is 14.0. The Morgan fingerprint density at radius 1 is 1.33 bits per heavy atom. The molecule has 5 heteroatoms. The average molecular weight is 277 g/mol. The normalized spacial score (nSPS) is 22.8. The largest absolute Gasteiger partial charge is 0.381 e. The molecule has 0 bridgehead atoms. The fraction of sp³-hybridized carbons (Fsp3) is 0.923. The van der Waals surface area contributed by atoms with Crippen molar-refractivity contribution in [1.29, 1.82) is 0 Å². The fourth-order valence-corrected chi connectivity index (χ4v) is 2.68. The van der Waals surface area contributed by atoms with Crippen LogP contribution in [0.1, 0.15) is 32.1 Å². The summed E-state index contributed by atoms with van der Waals surface area (Å²) in [5.41, 5.74) is 6.08. The van der Waals surface area contributed by atoms with Crippen molar-refractivity contribution in [3.05, 3.63) is 0 Å². The van der Waals surface area contributed by atoms with E-state index in [1.807, 2.05) is 11.9 Å². The second-order valence-electron chi connectivity index (χ2n) is 5.49. The van der Waals surface area contributed by atoms with Crippen molar-refractivity contribution in [2.75, 3.05) is 26.8 Å². The maximum Gasteiger partial charge on any atom is 0.239 e. The predicted octanol–water partition coefficient (Wildman–Crippen LogP) is 1.42. The Morgan fingerprint density at radius 3 is 2.44 bits per heavy atom. The third-order valence-electron chi connectivity index (χ3n) is 4.19. The van der Waals surface area contributed by atoms with Crippen LogP contribution in [-0.4, -0.2) is 43.7 Å². The molecule has 1 atom stereocenters. The first-order valence-corrected chi connectivity index (χ1v) is 6.77. The zero-order valence-corrected chi connectivity index (χ0v) is 12.0. The fourth-order valence-electron chi connectivity index (χ4n) is 2.68. The molecular formula is C13H25ClN2O2. The van der Waals surface area contributed by atoms with E-state index < -0.39 is 0 Å². The molecule has 4 nitrogen and oxygen atoms in total. The molecule has 0 aromatic carbocycles. The Balaban J connectivity index is 0.00000162. The van der Waals surface area contributed by atoms with E-state index in [9.17, 15) is 4.79 Å². The van der Waals surface area contributed by atoms with Gasteiger partial charge in [-0.2, -0.15) is 0 Å². The number of hydrogen-bond donors (Lipinski definition) is 1. The second kappa shape index (κ2) is 7.31. The number of nitrogens with two attached hydrogens (primary N) is 1. The van der Waals surface area contributed by atoms with Gasteiger partial charge in [0.1, 0.15) is 0 Å². The molecule has 2 fully saturated rings. The molecule has 1 aliphatic heterocycles. The minimum Gasteiger partial charge on any atom is -0.381 e. The Hall–Kier alpha value is -0.320. The average Bonchev–Trinajstić information content (AvgIpc) is 2.32. The van der Waals surface area contributed by atoms with Crippen LogP contribution < -0.4 is 5.73 Å². The van der Waals surface area contributed by atoms with Gasteiger partial charge in [0.05, 0.1) is 6.04 Å². The van der Waals surface area contributed by atoms with Gasteiger partial charge in [-0.1, -0.05) is 6.42 Å². The van der Waals surface area contributed by atoms with E-state index in [4.69, 9.17) is 10.5 Å². The number of likely N-dealkylation sites (N-methyl/N-ethyl adjacent to an activating group) is 1. The molecule has 106 valence electrons. The zero-order chi connectivity index (χ0) is 12.3. The van der Waals surface area contributed by atoms with Gasteiger partial charge in [-0.05, 0) is 37.5 Å². The van der Waals surface area contributed by atoms with Crippen LogP contribution in [0.25, 0.3) is 0 Å². The van der Waals surface area contributed by atoms with E-state index in [2.05, 4.69) is 0 Å². The summed E-state index contributed by atoms with van der Waals surface area (Å²) in [5, 5.41) is 0. The van der Waals surface area contributed by atoms with Crippen molar-refractivity contribution in [2.45, 2.75) is 38.1 Å². The Morgan fingerprint density at radius 2 is 1.94 bits per heavy atom. The molecule has 2 rings (SSSR count). The molecule has 2 aliphatic rings. The number of halogens is 1. The van der Waals surface area contributed by atoms with Crippen LogP contribution in [0, 0.1) is 11.8 Å². The zero-order valence-electron chi connectivity index (χ0n) is 11.1. The molecule has 1 aliphatic carbocycles. The topological polar surface area (TPSA) is 55.6 Å². The van der Waals surface area contributed by atoms with E-state index >= 15 is 0 Å². The second-order valence-corrected chi connectivity index (χ2v) is 5.49. The summed E-state index contributed by atoms with van der Waals surface area (Å²) in [6.07, 6.45) is 5.70. The molecule has 1 saturated carbocycles. The quantitative estimate of drug-likeness (QED) is 0.845. The van der Waals surface area contributed by atoms with Crippen molar-refractivity contribution >= 4 is 18.3 Å². The highest BCUT2D eigenvalue weighted by Gasteiger charge is 2.30. The van der Waals surface area contributed by atoms with Crippen molar-refractivity contribution in [2.24, 2.45) is 17.6 Å². The number of hydrogen-bond acceptors (Lipinski definition) is 3. The third kappa shape index (κ3) is 3.84. The number of rotatable bonds is 4. The minimum absolute atomic E-state index is 0. The van der Waals surface area contributed by atoms with Gasteiger partial charge in [0.25, 0.3) is 0 Å². The van der Waals surface area contributed by atoms with Crippen LogP contribution in [-0.2, 0) is 9.53 Å². The molecule has 0 aromatic heterocycles. The monoisotopic (exact) mass is 276 g/mol. The van der Waals surface area contributed by atoms with Gasteiger partial charge < -0.3 is 15.4 Å². The lowest BCUT2D eigenvalue weighted by Gasteiger charge is -2.34. The van der Waals surface area contributed by atoms with Gasteiger partial charge in [-0.15, -0.1) is 12.4 Å². The van der Waals surface area contributed by atoms with Gasteiger partial charge in [0.15, 0.2) is 0 Å². The molecule has 0 aromatic rings. The smallest absolute Gasteiger partial charge is 0.239 e. The van der Waals surface area contributed by atoms with Gasteiger partial charge in [-0.25, -0.2) is 0 Å². The van der Waals surface area contributed by atoms with Crippen molar-refractivity contribution in [3.8, 4) is 0 Å². The molecule has 2 N–H and O–H groups in total. The summed E-state index contributed by atoms with van der Waals surface area (Å²) in [7, 11) is 1.89. The molecule has 1 heterocycles. The molecule has 1 unspecified atom stereocenters.